The predicted octanol–water partition coefficient (Wildman–Crippen LogP) is 3.24. The summed E-state index contributed by atoms with van der Waals surface area (Å²) in [5, 5.41) is 12.9. The van der Waals surface area contributed by atoms with Gasteiger partial charge in [0.05, 0.1) is 28.3 Å². The van der Waals surface area contributed by atoms with Crippen molar-refractivity contribution in [3.05, 3.63) is 27.7 Å². The van der Waals surface area contributed by atoms with E-state index in [2.05, 4.69) is 5.32 Å². The maximum atomic E-state index is 8.80. The number of halogens is 2. The monoisotopic (exact) mass is 284 g/mol. The van der Waals surface area contributed by atoms with Crippen LogP contribution in [0.15, 0.2) is 12.1 Å². The van der Waals surface area contributed by atoms with E-state index in [9.17, 15) is 0 Å². The first kappa shape index (κ1) is 13.5. The molecule has 0 atom stereocenters. The molecule has 0 spiro atoms. The molecule has 2 rings (SSSR count). The summed E-state index contributed by atoms with van der Waals surface area (Å²) in [6, 6.07) is 5.16. The lowest BCUT2D eigenvalue weighted by molar-refractivity contribution is 0.215. The number of ether oxygens (including phenoxy) is 1. The summed E-state index contributed by atoms with van der Waals surface area (Å²) in [6.07, 6.45) is 2.21. The molecule has 1 N–H and O–H groups in total. The van der Waals surface area contributed by atoms with E-state index in [0.29, 0.717) is 33.9 Å². The van der Waals surface area contributed by atoms with Gasteiger partial charge >= 0.3 is 0 Å². The van der Waals surface area contributed by atoms with Gasteiger partial charge < -0.3 is 10.1 Å². The quantitative estimate of drug-likeness (QED) is 0.927. The molecule has 1 aromatic carbocycles. The third-order valence-corrected chi connectivity index (χ3v) is 3.61. The van der Waals surface area contributed by atoms with Crippen LogP contribution in [0, 0.1) is 17.2 Å². The molecule has 18 heavy (non-hydrogen) atoms. The summed E-state index contributed by atoms with van der Waals surface area (Å²) in [6.45, 7) is 2.68. The molecule has 1 aliphatic rings. The highest BCUT2D eigenvalue weighted by Gasteiger charge is 2.16. The van der Waals surface area contributed by atoms with E-state index < -0.39 is 0 Å². The number of nitriles is 1. The molecule has 0 radical (unpaired) electrons. The number of nitrogens with zero attached hydrogens (tertiary/aromatic N) is 1. The Bertz CT molecular complexity index is 442. The van der Waals surface area contributed by atoms with Crippen molar-refractivity contribution in [3.63, 3.8) is 0 Å². The SMILES string of the molecule is N#Cc1cc(Cl)c(OCC2CCNCC2)c(Cl)c1. The van der Waals surface area contributed by atoms with E-state index in [1.807, 2.05) is 6.07 Å². The Kier molecular flexibility index (Phi) is 4.71. The molecule has 0 aromatic heterocycles. The van der Waals surface area contributed by atoms with Gasteiger partial charge in [-0.25, -0.2) is 0 Å². The maximum absolute atomic E-state index is 8.80. The molecule has 3 nitrogen and oxygen atoms in total. The van der Waals surface area contributed by atoms with Crippen molar-refractivity contribution >= 4 is 23.2 Å². The van der Waals surface area contributed by atoms with Crippen LogP contribution >= 0.6 is 23.2 Å². The van der Waals surface area contributed by atoms with E-state index in [4.69, 9.17) is 33.2 Å². The van der Waals surface area contributed by atoms with Crippen LogP contribution in [0.5, 0.6) is 5.75 Å². The van der Waals surface area contributed by atoms with Crippen molar-refractivity contribution in [2.45, 2.75) is 12.8 Å². The second-order valence-electron chi connectivity index (χ2n) is 4.39. The highest BCUT2D eigenvalue weighted by atomic mass is 35.5. The molecule has 0 aliphatic carbocycles. The largest absolute Gasteiger partial charge is 0.490 e. The second kappa shape index (κ2) is 6.29. The standard InChI is InChI=1S/C13H14Cl2N2O/c14-11-5-10(7-16)6-12(15)13(11)18-8-9-1-3-17-4-2-9/h5-6,9,17H,1-4,8H2. The summed E-state index contributed by atoms with van der Waals surface area (Å²) < 4.78 is 5.71. The fraction of sp³-hybridized carbons (Fsp3) is 0.462. The minimum atomic E-state index is 0.396. The fourth-order valence-corrected chi connectivity index (χ4v) is 2.61. The van der Waals surface area contributed by atoms with Gasteiger partial charge in [-0.3, -0.25) is 0 Å². The van der Waals surface area contributed by atoms with Gasteiger partial charge in [-0.2, -0.15) is 5.26 Å². The maximum Gasteiger partial charge on any atom is 0.156 e. The van der Waals surface area contributed by atoms with E-state index in [1.165, 1.54) is 0 Å². The van der Waals surface area contributed by atoms with Crippen molar-refractivity contribution < 1.29 is 4.74 Å². The number of hydrogen-bond acceptors (Lipinski definition) is 3. The average Bonchev–Trinajstić information content (AvgIpc) is 2.38. The smallest absolute Gasteiger partial charge is 0.156 e. The normalized spacial score (nSPS) is 16.3. The molecule has 0 unspecified atom stereocenters. The van der Waals surface area contributed by atoms with Crippen LogP contribution in [-0.4, -0.2) is 19.7 Å². The third kappa shape index (κ3) is 3.29. The van der Waals surface area contributed by atoms with Crippen molar-refractivity contribution in [1.29, 1.82) is 5.26 Å². The summed E-state index contributed by atoms with van der Waals surface area (Å²) in [4.78, 5) is 0. The molecule has 1 heterocycles. The van der Waals surface area contributed by atoms with Crippen molar-refractivity contribution in [1.82, 2.24) is 5.32 Å². The Balaban J connectivity index is 2.02. The Morgan fingerprint density at radius 2 is 1.89 bits per heavy atom. The van der Waals surface area contributed by atoms with Crippen molar-refractivity contribution in [2.75, 3.05) is 19.7 Å². The minimum absolute atomic E-state index is 0.396. The lowest BCUT2D eigenvalue weighted by atomic mass is 9.99. The van der Waals surface area contributed by atoms with E-state index >= 15 is 0 Å². The highest BCUT2D eigenvalue weighted by molar-refractivity contribution is 6.37. The zero-order valence-corrected chi connectivity index (χ0v) is 11.4. The molecule has 1 aliphatic heterocycles. The number of hydrogen-bond donors (Lipinski definition) is 1. The topological polar surface area (TPSA) is 45.0 Å². The van der Waals surface area contributed by atoms with Gasteiger partial charge in [0.25, 0.3) is 0 Å². The summed E-state index contributed by atoms with van der Waals surface area (Å²) >= 11 is 12.1. The Hall–Kier alpha value is -0.950. The molecule has 0 saturated carbocycles. The lowest BCUT2D eigenvalue weighted by Gasteiger charge is -2.23. The first-order valence-corrected chi connectivity index (χ1v) is 6.69. The van der Waals surface area contributed by atoms with Crippen LogP contribution < -0.4 is 10.1 Å². The van der Waals surface area contributed by atoms with Crippen molar-refractivity contribution in [2.24, 2.45) is 5.92 Å². The van der Waals surface area contributed by atoms with Crippen LogP contribution in [-0.2, 0) is 0 Å². The molecule has 0 bridgehead atoms. The summed E-state index contributed by atoms with van der Waals surface area (Å²) in [7, 11) is 0. The first-order chi connectivity index (χ1) is 8.70. The number of rotatable bonds is 3. The van der Waals surface area contributed by atoms with Gasteiger partial charge in [0.1, 0.15) is 0 Å². The predicted molar refractivity (Wildman–Crippen MR) is 72.3 cm³/mol. The summed E-state index contributed by atoms with van der Waals surface area (Å²) in [5.41, 5.74) is 0.444. The Labute approximate surface area is 117 Å². The van der Waals surface area contributed by atoms with Crippen LogP contribution in [0.25, 0.3) is 0 Å². The molecule has 1 fully saturated rings. The van der Waals surface area contributed by atoms with Crippen LogP contribution in [0.3, 0.4) is 0 Å². The Morgan fingerprint density at radius 1 is 1.28 bits per heavy atom. The van der Waals surface area contributed by atoms with Gasteiger partial charge in [-0.1, -0.05) is 23.2 Å². The molecular weight excluding hydrogens is 271 g/mol. The zero-order valence-electron chi connectivity index (χ0n) is 9.88. The second-order valence-corrected chi connectivity index (χ2v) is 5.20. The van der Waals surface area contributed by atoms with Crippen LogP contribution in [0.4, 0.5) is 0 Å². The highest BCUT2D eigenvalue weighted by Crippen LogP contribution is 2.34. The number of piperidine rings is 1. The number of nitrogens with one attached hydrogen (secondary N) is 1. The molecule has 5 heteroatoms. The van der Waals surface area contributed by atoms with Crippen LogP contribution in [0.1, 0.15) is 18.4 Å². The van der Waals surface area contributed by atoms with Crippen molar-refractivity contribution in [3.8, 4) is 11.8 Å². The minimum Gasteiger partial charge on any atom is -0.490 e. The zero-order chi connectivity index (χ0) is 13.0. The van der Waals surface area contributed by atoms with E-state index in [-0.39, 0.29) is 0 Å². The fourth-order valence-electron chi connectivity index (χ4n) is 2.01. The Morgan fingerprint density at radius 3 is 2.44 bits per heavy atom. The molecular formula is C13H14Cl2N2O. The van der Waals surface area contributed by atoms with Gasteiger partial charge in [0, 0.05) is 0 Å². The third-order valence-electron chi connectivity index (χ3n) is 3.05. The van der Waals surface area contributed by atoms with Gasteiger partial charge in [0.2, 0.25) is 0 Å². The molecule has 0 amide bonds. The summed E-state index contributed by atoms with van der Waals surface area (Å²) in [5.74, 6) is 1.02. The lowest BCUT2D eigenvalue weighted by Crippen LogP contribution is -2.30. The first-order valence-electron chi connectivity index (χ1n) is 5.93. The van der Waals surface area contributed by atoms with Gasteiger partial charge in [-0.05, 0) is 44.0 Å². The van der Waals surface area contributed by atoms with Gasteiger partial charge in [-0.15, -0.1) is 0 Å². The molecule has 96 valence electrons. The van der Waals surface area contributed by atoms with E-state index in [0.717, 1.165) is 25.9 Å². The molecule has 1 aromatic rings. The average molecular weight is 285 g/mol. The van der Waals surface area contributed by atoms with Gasteiger partial charge in [0.15, 0.2) is 5.75 Å². The number of benzene rings is 1. The van der Waals surface area contributed by atoms with Crippen LogP contribution in [0.2, 0.25) is 10.0 Å². The van der Waals surface area contributed by atoms with E-state index in [1.54, 1.807) is 12.1 Å². The molecule has 1 saturated heterocycles.